The smallest absolute Gasteiger partial charge is 0.328 e. The van der Waals surface area contributed by atoms with Gasteiger partial charge in [-0.25, -0.2) is 4.79 Å². The maximum atomic E-state index is 11.7. The molecule has 1 aromatic rings. The van der Waals surface area contributed by atoms with Crippen LogP contribution in [0, 0.1) is 0 Å². The Morgan fingerprint density at radius 1 is 1.35 bits per heavy atom. The lowest BCUT2D eigenvalue weighted by atomic mass is 10.3. The molecule has 0 aliphatic heterocycles. The van der Waals surface area contributed by atoms with Gasteiger partial charge in [0.05, 0.1) is 0 Å². The molecule has 0 aliphatic carbocycles. The van der Waals surface area contributed by atoms with Crippen LogP contribution in [0.4, 0.5) is 10.5 Å². The highest BCUT2D eigenvalue weighted by Gasteiger charge is 2.16. The van der Waals surface area contributed by atoms with Crippen molar-refractivity contribution < 1.29 is 9.59 Å². The van der Waals surface area contributed by atoms with Crippen molar-refractivity contribution in [2.45, 2.75) is 6.92 Å². The van der Waals surface area contributed by atoms with Crippen LogP contribution in [-0.2, 0) is 4.79 Å². The molecule has 0 bridgehead atoms. The van der Waals surface area contributed by atoms with Gasteiger partial charge in [-0.2, -0.15) is 0 Å². The van der Waals surface area contributed by atoms with E-state index < -0.39 is 6.03 Å². The van der Waals surface area contributed by atoms with E-state index in [1.54, 1.807) is 24.3 Å². The molecule has 0 aromatic heterocycles. The van der Waals surface area contributed by atoms with Gasteiger partial charge < -0.3 is 11.1 Å². The van der Waals surface area contributed by atoms with E-state index in [2.05, 4.69) is 5.32 Å². The van der Waals surface area contributed by atoms with Gasteiger partial charge in [0.1, 0.15) is 0 Å². The summed E-state index contributed by atoms with van der Waals surface area (Å²) in [6.07, 6.45) is 0. The number of nitrogens with one attached hydrogen (secondary N) is 1. The van der Waals surface area contributed by atoms with Crippen molar-refractivity contribution in [3.8, 4) is 0 Å². The van der Waals surface area contributed by atoms with Gasteiger partial charge in [0.2, 0.25) is 5.91 Å². The molecule has 3 amide bonds. The number of halogens is 1. The molecule has 0 spiro atoms. The number of urea groups is 1. The lowest BCUT2D eigenvalue weighted by Gasteiger charge is -2.18. The van der Waals surface area contributed by atoms with Gasteiger partial charge in [0.15, 0.2) is 0 Å². The first-order chi connectivity index (χ1) is 8.04. The first kappa shape index (κ1) is 13.5. The molecule has 17 heavy (non-hydrogen) atoms. The Bertz CT molecular complexity index is 406. The number of rotatable bonds is 3. The van der Waals surface area contributed by atoms with Crippen molar-refractivity contribution in [1.29, 1.82) is 0 Å². The van der Waals surface area contributed by atoms with Crippen LogP contribution in [0.2, 0.25) is 5.02 Å². The van der Waals surface area contributed by atoms with Crippen LogP contribution in [0.5, 0.6) is 0 Å². The minimum absolute atomic E-state index is 0.189. The SMILES string of the molecule is CC(=O)N(CCN)C(=O)Nc1ccc(Cl)cc1. The quantitative estimate of drug-likeness (QED) is 0.863. The normalized spacial score (nSPS) is 9.82. The van der Waals surface area contributed by atoms with Crippen molar-refractivity contribution >= 4 is 29.2 Å². The largest absolute Gasteiger partial charge is 0.329 e. The maximum Gasteiger partial charge on any atom is 0.328 e. The number of nitrogens with two attached hydrogens (primary N) is 1. The molecule has 0 unspecified atom stereocenters. The van der Waals surface area contributed by atoms with Gasteiger partial charge in [-0.05, 0) is 24.3 Å². The number of carbonyl (C=O) groups is 2. The Balaban J connectivity index is 2.69. The van der Waals surface area contributed by atoms with Crippen LogP contribution in [-0.4, -0.2) is 29.9 Å². The number of anilines is 1. The Morgan fingerprint density at radius 3 is 2.41 bits per heavy atom. The highest BCUT2D eigenvalue weighted by molar-refractivity contribution is 6.30. The minimum atomic E-state index is -0.495. The summed E-state index contributed by atoms with van der Waals surface area (Å²) in [5.41, 5.74) is 5.90. The van der Waals surface area contributed by atoms with Crippen molar-refractivity contribution in [3.63, 3.8) is 0 Å². The van der Waals surface area contributed by atoms with Crippen LogP contribution < -0.4 is 11.1 Å². The zero-order valence-corrected chi connectivity index (χ0v) is 10.2. The van der Waals surface area contributed by atoms with Gasteiger partial charge in [0.25, 0.3) is 0 Å². The number of amides is 3. The molecule has 6 heteroatoms. The molecule has 0 radical (unpaired) electrons. The van der Waals surface area contributed by atoms with Crippen molar-refractivity contribution in [3.05, 3.63) is 29.3 Å². The fourth-order valence-corrected chi connectivity index (χ4v) is 1.38. The predicted octanol–water partition coefficient (Wildman–Crippen LogP) is 1.68. The zero-order chi connectivity index (χ0) is 12.8. The molecule has 1 aromatic carbocycles. The van der Waals surface area contributed by atoms with Crippen molar-refractivity contribution in [2.75, 3.05) is 18.4 Å². The van der Waals surface area contributed by atoms with E-state index in [0.717, 1.165) is 4.90 Å². The second-order valence-corrected chi connectivity index (χ2v) is 3.83. The topological polar surface area (TPSA) is 75.4 Å². The Hall–Kier alpha value is -1.59. The molecule has 92 valence electrons. The van der Waals surface area contributed by atoms with Gasteiger partial charge in [-0.3, -0.25) is 9.69 Å². The number of nitrogens with zero attached hydrogens (tertiary/aromatic N) is 1. The van der Waals surface area contributed by atoms with Gasteiger partial charge >= 0.3 is 6.03 Å². The summed E-state index contributed by atoms with van der Waals surface area (Å²) < 4.78 is 0. The van der Waals surface area contributed by atoms with E-state index in [4.69, 9.17) is 17.3 Å². The van der Waals surface area contributed by atoms with E-state index in [0.29, 0.717) is 10.7 Å². The van der Waals surface area contributed by atoms with Gasteiger partial charge in [0, 0.05) is 30.7 Å². The predicted molar refractivity (Wildman–Crippen MR) is 66.9 cm³/mol. The van der Waals surface area contributed by atoms with Gasteiger partial charge in [-0.15, -0.1) is 0 Å². The monoisotopic (exact) mass is 255 g/mol. The summed E-state index contributed by atoms with van der Waals surface area (Å²) in [5.74, 6) is -0.345. The third-order valence-corrected chi connectivity index (χ3v) is 2.33. The Labute approximate surface area is 105 Å². The molecule has 3 N–H and O–H groups in total. The van der Waals surface area contributed by atoms with Gasteiger partial charge in [-0.1, -0.05) is 11.6 Å². The third kappa shape index (κ3) is 4.05. The van der Waals surface area contributed by atoms with E-state index in [1.165, 1.54) is 6.92 Å². The van der Waals surface area contributed by atoms with Crippen molar-refractivity contribution in [2.24, 2.45) is 5.73 Å². The molecule has 0 saturated heterocycles. The maximum absolute atomic E-state index is 11.7. The molecule has 0 saturated carbocycles. The molecule has 1 rings (SSSR count). The van der Waals surface area contributed by atoms with Crippen LogP contribution in [0.15, 0.2) is 24.3 Å². The fourth-order valence-electron chi connectivity index (χ4n) is 1.26. The lowest BCUT2D eigenvalue weighted by molar-refractivity contribution is -0.125. The summed E-state index contributed by atoms with van der Waals surface area (Å²) in [6, 6.07) is 6.11. The average Bonchev–Trinajstić information content (AvgIpc) is 2.28. The summed E-state index contributed by atoms with van der Waals surface area (Å²) in [6.45, 7) is 1.74. The Morgan fingerprint density at radius 2 is 1.94 bits per heavy atom. The van der Waals surface area contributed by atoms with Crippen LogP contribution in [0.3, 0.4) is 0 Å². The molecule has 5 nitrogen and oxygen atoms in total. The molecule has 0 fully saturated rings. The van der Waals surface area contributed by atoms with E-state index in [9.17, 15) is 9.59 Å². The number of benzene rings is 1. The second-order valence-electron chi connectivity index (χ2n) is 3.40. The summed E-state index contributed by atoms with van der Waals surface area (Å²) in [5, 5.41) is 3.16. The standard InChI is InChI=1S/C11H14ClN3O2/c1-8(16)15(7-6-13)11(17)14-10-4-2-9(12)3-5-10/h2-5H,6-7,13H2,1H3,(H,14,17). The Kier molecular flexibility index (Phi) is 4.93. The van der Waals surface area contributed by atoms with Crippen LogP contribution >= 0.6 is 11.6 Å². The van der Waals surface area contributed by atoms with E-state index >= 15 is 0 Å². The molecule has 0 heterocycles. The summed E-state index contributed by atoms with van der Waals surface area (Å²) >= 11 is 5.72. The number of imide groups is 1. The molecular weight excluding hydrogens is 242 g/mol. The molecule has 0 atom stereocenters. The number of hydrogen-bond donors (Lipinski definition) is 2. The summed E-state index contributed by atoms with van der Waals surface area (Å²) in [4.78, 5) is 24.0. The molecule has 0 aliphatic rings. The highest BCUT2D eigenvalue weighted by atomic mass is 35.5. The minimum Gasteiger partial charge on any atom is -0.329 e. The lowest BCUT2D eigenvalue weighted by Crippen LogP contribution is -2.41. The number of carbonyl (C=O) groups excluding carboxylic acids is 2. The second kappa shape index (κ2) is 6.22. The average molecular weight is 256 g/mol. The summed E-state index contributed by atoms with van der Waals surface area (Å²) in [7, 11) is 0. The highest BCUT2D eigenvalue weighted by Crippen LogP contribution is 2.13. The first-order valence-corrected chi connectivity index (χ1v) is 5.47. The van der Waals surface area contributed by atoms with E-state index in [-0.39, 0.29) is 19.0 Å². The first-order valence-electron chi connectivity index (χ1n) is 5.09. The van der Waals surface area contributed by atoms with E-state index in [1.807, 2.05) is 0 Å². The zero-order valence-electron chi connectivity index (χ0n) is 9.44. The fraction of sp³-hybridized carbons (Fsp3) is 0.273. The van der Waals surface area contributed by atoms with Crippen LogP contribution in [0.25, 0.3) is 0 Å². The third-order valence-electron chi connectivity index (χ3n) is 2.07. The number of hydrogen-bond acceptors (Lipinski definition) is 3. The van der Waals surface area contributed by atoms with Crippen molar-refractivity contribution in [1.82, 2.24) is 4.90 Å². The van der Waals surface area contributed by atoms with Crippen LogP contribution in [0.1, 0.15) is 6.92 Å². The molecular formula is C11H14ClN3O2.